The number of hydrogen-bond donors (Lipinski definition) is 2. The third-order valence-corrected chi connectivity index (χ3v) is 2.96. The third kappa shape index (κ3) is 2.43. The summed E-state index contributed by atoms with van der Waals surface area (Å²) in [6.07, 6.45) is 0.998. The summed E-state index contributed by atoms with van der Waals surface area (Å²) < 4.78 is 5.63. The fraction of sp³-hybridized carbons (Fsp3) is 0. The van der Waals surface area contributed by atoms with Gasteiger partial charge in [0.15, 0.2) is 5.75 Å². The highest BCUT2D eigenvalue weighted by atomic mass is 35.5. The third-order valence-electron chi connectivity index (χ3n) is 2.66. The summed E-state index contributed by atoms with van der Waals surface area (Å²) in [7, 11) is 0. The second-order valence-corrected chi connectivity index (χ2v) is 4.42. The molecule has 3 rings (SSSR count). The molecule has 1 aromatic carbocycles. The number of carbonyl (C=O) groups is 1. The number of aromatic nitrogens is 4. The normalized spacial score (nSPS) is 10.7. The van der Waals surface area contributed by atoms with Gasteiger partial charge >= 0.3 is 6.16 Å². The Labute approximate surface area is 121 Å². The van der Waals surface area contributed by atoms with Crippen molar-refractivity contribution in [3.8, 4) is 11.7 Å². The molecule has 0 unspecified atom stereocenters. The number of benzene rings is 1. The van der Waals surface area contributed by atoms with Gasteiger partial charge in [-0.3, -0.25) is 9.78 Å². The molecule has 0 spiro atoms. The summed E-state index contributed by atoms with van der Waals surface area (Å²) in [6.45, 7) is 0. The van der Waals surface area contributed by atoms with Crippen molar-refractivity contribution in [3.63, 3.8) is 0 Å². The summed E-state index contributed by atoms with van der Waals surface area (Å²) in [5, 5.41) is 13.1. The summed E-state index contributed by atoms with van der Waals surface area (Å²) in [6, 6.07) is 4.86. The van der Waals surface area contributed by atoms with Crippen molar-refractivity contribution in [2.45, 2.75) is 0 Å². The molecule has 3 aromatic rings. The van der Waals surface area contributed by atoms with Crippen molar-refractivity contribution in [1.82, 2.24) is 19.7 Å². The van der Waals surface area contributed by atoms with Gasteiger partial charge < -0.3 is 9.84 Å². The van der Waals surface area contributed by atoms with E-state index >= 15 is 0 Å². The molecule has 0 amide bonds. The quantitative estimate of drug-likeness (QED) is 0.699. The standard InChI is InChI=1S/C12H7ClN4O4/c13-8-3-1-2-7-9(8)15-11(16-10(7)18)17-5-6(4-14-17)21-12(19)20/h1-5H,(H,19,20)(H,15,16,18). The predicted molar refractivity (Wildman–Crippen MR) is 73.1 cm³/mol. The van der Waals surface area contributed by atoms with Crippen molar-refractivity contribution >= 4 is 28.7 Å². The Morgan fingerprint density at radius 3 is 3.00 bits per heavy atom. The van der Waals surface area contributed by atoms with Crippen molar-refractivity contribution < 1.29 is 14.6 Å². The topological polar surface area (TPSA) is 110 Å². The van der Waals surface area contributed by atoms with Crippen molar-refractivity contribution in [2.24, 2.45) is 0 Å². The van der Waals surface area contributed by atoms with Gasteiger partial charge in [0.2, 0.25) is 5.95 Å². The number of aromatic amines is 1. The second-order valence-electron chi connectivity index (χ2n) is 4.01. The van der Waals surface area contributed by atoms with Crippen LogP contribution < -0.4 is 10.3 Å². The van der Waals surface area contributed by atoms with Gasteiger partial charge in [0.1, 0.15) is 0 Å². The first-order valence-electron chi connectivity index (χ1n) is 5.69. The van der Waals surface area contributed by atoms with E-state index in [0.717, 1.165) is 0 Å². The van der Waals surface area contributed by atoms with E-state index in [1.807, 2.05) is 0 Å². The van der Waals surface area contributed by atoms with Gasteiger partial charge in [0.05, 0.1) is 28.3 Å². The fourth-order valence-electron chi connectivity index (χ4n) is 1.80. The number of hydrogen-bond acceptors (Lipinski definition) is 5. The second kappa shape index (κ2) is 4.91. The van der Waals surface area contributed by atoms with Crippen molar-refractivity contribution in [3.05, 3.63) is 46.0 Å². The summed E-state index contributed by atoms with van der Waals surface area (Å²) in [4.78, 5) is 29.2. The molecule has 0 saturated carbocycles. The largest absolute Gasteiger partial charge is 0.511 e. The lowest BCUT2D eigenvalue weighted by Gasteiger charge is -2.03. The van der Waals surface area contributed by atoms with Crippen LogP contribution in [0.3, 0.4) is 0 Å². The number of ether oxygens (including phenoxy) is 1. The van der Waals surface area contributed by atoms with Crippen LogP contribution in [0.4, 0.5) is 4.79 Å². The zero-order valence-corrected chi connectivity index (χ0v) is 11.0. The average Bonchev–Trinajstić information content (AvgIpc) is 2.87. The van der Waals surface area contributed by atoms with Crippen LogP contribution >= 0.6 is 11.6 Å². The molecule has 0 saturated heterocycles. The lowest BCUT2D eigenvalue weighted by Crippen LogP contribution is -2.14. The minimum atomic E-state index is -1.46. The fourth-order valence-corrected chi connectivity index (χ4v) is 2.02. The maximum absolute atomic E-state index is 12.0. The average molecular weight is 307 g/mol. The lowest BCUT2D eigenvalue weighted by atomic mass is 10.2. The maximum Gasteiger partial charge on any atom is 0.511 e. The Morgan fingerprint density at radius 1 is 1.43 bits per heavy atom. The molecule has 2 aromatic heterocycles. The zero-order valence-electron chi connectivity index (χ0n) is 10.3. The first-order valence-corrected chi connectivity index (χ1v) is 6.07. The highest BCUT2D eigenvalue weighted by Gasteiger charge is 2.10. The maximum atomic E-state index is 12.0. The van der Waals surface area contributed by atoms with E-state index in [1.165, 1.54) is 17.1 Å². The van der Waals surface area contributed by atoms with E-state index < -0.39 is 6.16 Å². The monoisotopic (exact) mass is 306 g/mol. The SMILES string of the molecule is O=C(O)Oc1cnn(-c2nc3c(Cl)cccc3c(=O)[nH]2)c1. The Bertz CT molecular complexity index is 902. The minimum Gasteiger partial charge on any atom is -0.449 e. The Balaban J connectivity index is 2.12. The van der Waals surface area contributed by atoms with E-state index in [9.17, 15) is 9.59 Å². The van der Waals surface area contributed by atoms with Crippen molar-refractivity contribution in [2.75, 3.05) is 0 Å². The van der Waals surface area contributed by atoms with Crippen LogP contribution in [0.2, 0.25) is 5.02 Å². The molecule has 0 aliphatic heterocycles. The van der Waals surface area contributed by atoms with E-state index in [0.29, 0.717) is 15.9 Å². The van der Waals surface area contributed by atoms with Gasteiger partial charge in [-0.05, 0) is 12.1 Å². The minimum absolute atomic E-state index is 0.00408. The van der Waals surface area contributed by atoms with Gasteiger partial charge in [-0.15, -0.1) is 0 Å². The summed E-state index contributed by atoms with van der Waals surface area (Å²) in [5.41, 5.74) is -0.0529. The van der Waals surface area contributed by atoms with E-state index in [2.05, 4.69) is 19.8 Å². The molecule has 21 heavy (non-hydrogen) atoms. The van der Waals surface area contributed by atoms with E-state index in [1.54, 1.807) is 18.2 Å². The molecule has 8 nitrogen and oxygen atoms in total. The van der Waals surface area contributed by atoms with Gasteiger partial charge in [0, 0.05) is 0 Å². The molecule has 0 atom stereocenters. The van der Waals surface area contributed by atoms with Crippen LogP contribution in [-0.4, -0.2) is 31.0 Å². The van der Waals surface area contributed by atoms with Crippen LogP contribution in [0.1, 0.15) is 0 Å². The van der Waals surface area contributed by atoms with Crippen LogP contribution in [0, 0.1) is 0 Å². The Hall–Kier alpha value is -2.87. The molecule has 0 bridgehead atoms. The Kier molecular flexibility index (Phi) is 3.07. The highest BCUT2D eigenvalue weighted by Crippen LogP contribution is 2.19. The lowest BCUT2D eigenvalue weighted by molar-refractivity contribution is 0.144. The smallest absolute Gasteiger partial charge is 0.449 e. The molecule has 2 N–H and O–H groups in total. The molecule has 9 heteroatoms. The molecule has 0 radical (unpaired) electrons. The summed E-state index contributed by atoms with van der Waals surface area (Å²) >= 11 is 6.02. The molecule has 0 fully saturated rings. The summed E-state index contributed by atoms with van der Waals surface area (Å²) in [5.74, 6) is 0.102. The van der Waals surface area contributed by atoms with Gasteiger partial charge in [-0.25, -0.2) is 14.5 Å². The molecule has 106 valence electrons. The number of rotatable bonds is 2. The highest BCUT2D eigenvalue weighted by molar-refractivity contribution is 6.35. The van der Waals surface area contributed by atoms with Crippen molar-refractivity contribution in [1.29, 1.82) is 0 Å². The molecule has 0 aliphatic carbocycles. The first kappa shape index (κ1) is 13.1. The van der Waals surface area contributed by atoms with Gasteiger partial charge in [-0.2, -0.15) is 5.10 Å². The van der Waals surface area contributed by atoms with Gasteiger partial charge in [0.25, 0.3) is 5.56 Å². The van der Waals surface area contributed by atoms with Gasteiger partial charge in [-0.1, -0.05) is 17.7 Å². The number of carboxylic acid groups (broad SMARTS) is 1. The molecular weight excluding hydrogens is 300 g/mol. The predicted octanol–water partition coefficient (Wildman–Crippen LogP) is 1.82. The van der Waals surface area contributed by atoms with E-state index in [4.69, 9.17) is 16.7 Å². The number of nitrogens with zero attached hydrogens (tertiary/aromatic N) is 3. The zero-order chi connectivity index (χ0) is 15.0. The number of H-pyrrole nitrogens is 1. The number of halogens is 1. The van der Waals surface area contributed by atoms with Crippen LogP contribution in [-0.2, 0) is 0 Å². The van der Waals surface area contributed by atoms with Crippen LogP contribution in [0.25, 0.3) is 16.9 Å². The first-order chi connectivity index (χ1) is 10.0. The molecule has 0 aliphatic rings. The van der Waals surface area contributed by atoms with E-state index in [-0.39, 0.29) is 17.3 Å². The molecule has 2 heterocycles. The number of fused-ring (bicyclic) bond motifs is 1. The molecular formula is C12H7ClN4O4. The van der Waals surface area contributed by atoms with Crippen LogP contribution in [0.5, 0.6) is 5.75 Å². The Morgan fingerprint density at radius 2 is 2.24 bits per heavy atom. The van der Waals surface area contributed by atoms with Crippen LogP contribution in [0.15, 0.2) is 35.4 Å². The number of para-hydroxylation sites is 1. The number of nitrogens with one attached hydrogen (secondary N) is 1.